The Morgan fingerprint density at radius 2 is 1.88 bits per heavy atom. The Kier molecular flexibility index (Phi) is 5.27. The highest BCUT2D eigenvalue weighted by atomic mass is 16.4. The van der Waals surface area contributed by atoms with E-state index in [1.807, 2.05) is 25.1 Å². The van der Waals surface area contributed by atoms with Gasteiger partial charge in [-0.2, -0.15) is 9.83 Å². The molecule has 0 amide bonds. The average molecular weight is 323 g/mol. The van der Waals surface area contributed by atoms with E-state index in [4.69, 9.17) is 11.1 Å². The smallest absolute Gasteiger partial charge is 0.374 e. The second kappa shape index (κ2) is 7.38. The molecule has 122 valence electrons. The number of aryl methyl sites for hydroxylation is 1. The van der Waals surface area contributed by atoms with Gasteiger partial charge in [-0.1, -0.05) is 30.3 Å². The van der Waals surface area contributed by atoms with Gasteiger partial charge in [-0.25, -0.2) is 4.79 Å². The number of carboxylic acid groups (broad SMARTS) is 1. The summed E-state index contributed by atoms with van der Waals surface area (Å²) < 4.78 is 1.53. The van der Waals surface area contributed by atoms with Crippen molar-refractivity contribution in [3.63, 3.8) is 0 Å². The number of benzene rings is 1. The average Bonchev–Trinajstić information content (AvgIpc) is 2.55. The van der Waals surface area contributed by atoms with Crippen molar-refractivity contribution < 1.29 is 14.5 Å². The number of hydrogen-bond acceptors (Lipinski definition) is 3. The predicted octanol–water partition coefficient (Wildman–Crippen LogP) is 1.77. The molecule has 6 heteroatoms. The summed E-state index contributed by atoms with van der Waals surface area (Å²) >= 11 is 0. The largest absolute Gasteiger partial charge is 0.476 e. The maximum atomic E-state index is 12.0. The van der Waals surface area contributed by atoms with E-state index >= 15 is 0 Å². The van der Waals surface area contributed by atoms with Gasteiger partial charge in [0, 0.05) is 12.1 Å². The Morgan fingerprint density at radius 1 is 1.25 bits per heavy atom. The number of aliphatic carboxylic acids is 1. The Bertz CT molecular complexity index is 783. The van der Waals surface area contributed by atoms with Crippen molar-refractivity contribution >= 4 is 11.8 Å². The standard InChI is InChI=1S/C18H18N4O2/c1-12-7-3-4-8-13(12)15(14(11-19)17(20)21)16(18(23)24)22-9-5-2-6-10-22/h2-10,14-16H,1H3,(H3-,20,21,23,24)/p+1. The van der Waals surface area contributed by atoms with Gasteiger partial charge in [-0.3, -0.25) is 5.41 Å². The van der Waals surface area contributed by atoms with Crippen LogP contribution in [0.15, 0.2) is 54.9 Å². The Labute approximate surface area is 140 Å². The molecule has 4 N–H and O–H groups in total. The monoisotopic (exact) mass is 323 g/mol. The first-order valence-electron chi connectivity index (χ1n) is 7.45. The van der Waals surface area contributed by atoms with Crippen LogP contribution in [0.1, 0.15) is 23.1 Å². The van der Waals surface area contributed by atoms with Gasteiger partial charge < -0.3 is 10.8 Å². The van der Waals surface area contributed by atoms with Crippen LogP contribution in [0, 0.1) is 29.6 Å². The highest BCUT2D eigenvalue weighted by Gasteiger charge is 2.44. The second-order valence-electron chi connectivity index (χ2n) is 5.55. The summed E-state index contributed by atoms with van der Waals surface area (Å²) in [5.74, 6) is -3.24. The fourth-order valence-electron chi connectivity index (χ4n) is 2.90. The lowest BCUT2D eigenvalue weighted by Gasteiger charge is -2.25. The summed E-state index contributed by atoms with van der Waals surface area (Å²) in [6.07, 6.45) is 3.28. The summed E-state index contributed by atoms with van der Waals surface area (Å²) in [6, 6.07) is 13.4. The number of nitriles is 1. The second-order valence-corrected chi connectivity index (χ2v) is 5.55. The van der Waals surface area contributed by atoms with Crippen molar-refractivity contribution in [3.05, 3.63) is 66.0 Å². The van der Waals surface area contributed by atoms with Crippen molar-refractivity contribution in [2.45, 2.75) is 18.9 Å². The van der Waals surface area contributed by atoms with Crippen molar-refractivity contribution in [2.75, 3.05) is 0 Å². The number of carbonyl (C=O) groups is 1. The summed E-state index contributed by atoms with van der Waals surface area (Å²) in [6.45, 7) is 1.85. The molecule has 3 atom stereocenters. The molecule has 3 unspecified atom stereocenters. The molecule has 0 bridgehead atoms. The van der Waals surface area contributed by atoms with E-state index in [9.17, 15) is 15.2 Å². The number of hydrogen-bond donors (Lipinski definition) is 3. The molecular formula is C18H19N4O2+. The first kappa shape index (κ1) is 17.2. The molecule has 0 saturated carbocycles. The van der Waals surface area contributed by atoms with E-state index < -0.39 is 23.8 Å². The molecule has 1 aromatic carbocycles. The van der Waals surface area contributed by atoms with E-state index in [-0.39, 0.29) is 5.84 Å². The molecule has 0 spiro atoms. The van der Waals surface area contributed by atoms with E-state index in [0.717, 1.165) is 5.56 Å². The van der Waals surface area contributed by atoms with E-state index in [1.54, 1.807) is 42.7 Å². The number of aromatic nitrogens is 1. The highest BCUT2D eigenvalue weighted by molar-refractivity contribution is 5.84. The van der Waals surface area contributed by atoms with E-state index in [0.29, 0.717) is 5.56 Å². The first-order valence-corrected chi connectivity index (χ1v) is 7.45. The molecular weight excluding hydrogens is 304 g/mol. The zero-order valence-electron chi connectivity index (χ0n) is 13.3. The molecule has 2 rings (SSSR count). The fraction of sp³-hybridized carbons (Fsp3) is 0.222. The van der Waals surface area contributed by atoms with Crippen LogP contribution in [0.5, 0.6) is 0 Å². The molecule has 0 aliphatic rings. The third-order valence-corrected chi connectivity index (χ3v) is 4.03. The van der Waals surface area contributed by atoms with Crippen molar-refractivity contribution in [1.29, 1.82) is 10.7 Å². The fourth-order valence-corrected chi connectivity index (χ4v) is 2.90. The summed E-state index contributed by atoms with van der Waals surface area (Å²) in [5.41, 5.74) is 7.16. The molecule has 24 heavy (non-hydrogen) atoms. The van der Waals surface area contributed by atoms with Gasteiger partial charge in [0.05, 0.1) is 12.0 Å². The summed E-state index contributed by atoms with van der Waals surface area (Å²) in [7, 11) is 0. The minimum atomic E-state index is -1.08. The van der Waals surface area contributed by atoms with Crippen LogP contribution in [-0.4, -0.2) is 16.9 Å². The molecule has 2 aromatic rings. The van der Waals surface area contributed by atoms with Gasteiger partial charge in [0.25, 0.3) is 6.04 Å². The van der Waals surface area contributed by atoms with Gasteiger partial charge in [0.1, 0.15) is 11.8 Å². The summed E-state index contributed by atoms with van der Waals surface area (Å²) in [5, 5.41) is 27.1. The van der Waals surface area contributed by atoms with E-state index in [2.05, 4.69) is 0 Å². The maximum absolute atomic E-state index is 12.0. The maximum Gasteiger partial charge on any atom is 0.374 e. The number of nitrogens with two attached hydrogens (primary N) is 1. The van der Waals surface area contributed by atoms with Gasteiger partial charge in [-0.05, 0) is 18.1 Å². The normalized spacial score (nSPS) is 14.2. The van der Waals surface area contributed by atoms with Crippen LogP contribution in [0.2, 0.25) is 0 Å². The van der Waals surface area contributed by atoms with Gasteiger partial charge >= 0.3 is 5.97 Å². The number of carboxylic acids is 1. The van der Waals surface area contributed by atoms with Gasteiger partial charge in [-0.15, -0.1) is 0 Å². The molecule has 0 aliphatic carbocycles. The van der Waals surface area contributed by atoms with Crippen LogP contribution in [0.4, 0.5) is 0 Å². The van der Waals surface area contributed by atoms with Crippen LogP contribution in [0.3, 0.4) is 0 Å². The molecule has 0 radical (unpaired) electrons. The topological polar surface area (TPSA) is 115 Å². The Hall–Kier alpha value is -3.20. The lowest BCUT2D eigenvalue weighted by Crippen LogP contribution is -2.49. The van der Waals surface area contributed by atoms with Crippen LogP contribution in [0.25, 0.3) is 0 Å². The molecule has 1 aromatic heterocycles. The van der Waals surface area contributed by atoms with E-state index in [1.165, 1.54) is 4.57 Å². The molecule has 0 fully saturated rings. The van der Waals surface area contributed by atoms with Crippen molar-refractivity contribution in [3.8, 4) is 6.07 Å². The number of amidine groups is 1. The quantitative estimate of drug-likeness (QED) is 0.427. The minimum Gasteiger partial charge on any atom is -0.476 e. The zero-order chi connectivity index (χ0) is 17.7. The SMILES string of the molecule is Cc1ccccc1C(C(C#N)C(=N)N)C(C(=O)O)[n+]1ccccc1. The number of pyridine rings is 1. The Balaban J connectivity index is 2.68. The Morgan fingerprint density at radius 3 is 2.38 bits per heavy atom. The van der Waals surface area contributed by atoms with Crippen molar-refractivity contribution in [2.24, 2.45) is 11.7 Å². The van der Waals surface area contributed by atoms with Gasteiger partial charge in [0.15, 0.2) is 12.4 Å². The summed E-state index contributed by atoms with van der Waals surface area (Å²) in [4.78, 5) is 12.0. The van der Waals surface area contributed by atoms with Crippen molar-refractivity contribution in [1.82, 2.24) is 0 Å². The number of nitrogens with zero attached hydrogens (tertiary/aromatic N) is 2. The lowest BCUT2D eigenvalue weighted by molar-refractivity contribution is -0.714. The lowest BCUT2D eigenvalue weighted by atomic mass is 9.78. The van der Waals surface area contributed by atoms with Crippen LogP contribution >= 0.6 is 0 Å². The van der Waals surface area contributed by atoms with Crippen LogP contribution < -0.4 is 10.3 Å². The zero-order valence-corrected chi connectivity index (χ0v) is 13.3. The van der Waals surface area contributed by atoms with Crippen LogP contribution in [-0.2, 0) is 4.79 Å². The van der Waals surface area contributed by atoms with Gasteiger partial charge in [0.2, 0.25) is 0 Å². The number of nitrogens with one attached hydrogen (secondary N) is 1. The minimum absolute atomic E-state index is 0.339. The third kappa shape index (κ3) is 3.41. The molecule has 1 heterocycles. The molecule has 6 nitrogen and oxygen atoms in total. The third-order valence-electron chi connectivity index (χ3n) is 4.03. The first-order chi connectivity index (χ1) is 11.5. The number of rotatable bonds is 6. The molecule has 0 saturated heterocycles. The predicted molar refractivity (Wildman–Crippen MR) is 88.2 cm³/mol. The highest BCUT2D eigenvalue weighted by Crippen LogP contribution is 2.34. The molecule has 0 aliphatic heterocycles.